The van der Waals surface area contributed by atoms with Crippen molar-refractivity contribution in [1.82, 2.24) is 9.97 Å². The van der Waals surface area contributed by atoms with Crippen molar-refractivity contribution in [3.8, 4) is 0 Å². The lowest BCUT2D eigenvalue weighted by molar-refractivity contribution is -0.126. The van der Waals surface area contributed by atoms with Crippen LogP contribution in [0.2, 0.25) is 0 Å². The van der Waals surface area contributed by atoms with E-state index < -0.39 is 32.2 Å². The number of anilines is 2. The van der Waals surface area contributed by atoms with Gasteiger partial charge in [0.2, 0.25) is 12.0 Å². The molecule has 1 aliphatic heterocycles. The average molecular weight is 494 g/mol. The Balaban J connectivity index is 1.74. The number of ether oxygens (including phenoxy) is 3. The fraction of sp³-hybridized carbons (Fsp3) is 0.450. The SMILES string of the molecule is CCOP(=O)(CO[C@@H]1C[C@@H](OC(=O)c2ccccc2)[C@H](N=Nc2ncnc(N)c2N)O1)OCC. The fourth-order valence-electron chi connectivity index (χ4n) is 2.97. The van der Waals surface area contributed by atoms with Crippen molar-refractivity contribution in [2.45, 2.75) is 38.9 Å². The third kappa shape index (κ3) is 6.78. The van der Waals surface area contributed by atoms with E-state index in [1.165, 1.54) is 6.33 Å². The minimum absolute atomic E-state index is 0.0331. The monoisotopic (exact) mass is 494 g/mol. The summed E-state index contributed by atoms with van der Waals surface area (Å²) in [7, 11) is -3.47. The van der Waals surface area contributed by atoms with Gasteiger partial charge in [0, 0.05) is 6.42 Å². The molecule has 0 unspecified atom stereocenters. The van der Waals surface area contributed by atoms with Crippen molar-refractivity contribution in [3.05, 3.63) is 42.2 Å². The molecule has 0 aliphatic carbocycles. The van der Waals surface area contributed by atoms with Crippen LogP contribution in [0.4, 0.5) is 17.3 Å². The zero-order valence-electron chi connectivity index (χ0n) is 18.8. The minimum atomic E-state index is -3.47. The highest BCUT2D eigenvalue weighted by Gasteiger charge is 2.40. The van der Waals surface area contributed by atoms with Crippen LogP contribution in [-0.2, 0) is 27.8 Å². The molecule has 0 amide bonds. The molecule has 0 bridgehead atoms. The first-order valence-electron chi connectivity index (χ1n) is 10.5. The number of hydrogen-bond acceptors (Lipinski definition) is 13. The second-order valence-corrected chi connectivity index (χ2v) is 8.95. The zero-order valence-corrected chi connectivity index (χ0v) is 19.7. The molecular formula is C20H27N6O7P. The van der Waals surface area contributed by atoms with Crippen LogP contribution >= 0.6 is 7.60 Å². The Morgan fingerprint density at radius 2 is 1.88 bits per heavy atom. The summed E-state index contributed by atoms with van der Waals surface area (Å²) in [4.78, 5) is 20.3. The Kier molecular flexibility index (Phi) is 9.02. The summed E-state index contributed by atoms with van der Waals surface area (Å²) >= 11 is 0. The van der Waals surface area contributed by atoms with Crippen LogP contribution in [0.3, 0.4) is 0 Å². The normalized spacial score (nSPS) is 20.6. The Morgan fingerprint density at radius 1 is 1.18 bits per heavy atom. The molecule has 1 aromatic carbocycles. The largest absolute Gasteiger partial charge is 0.454 e. The van der Waals surface area contributed by atoms with E-state index in [0.29, 0.717) is 5.56 Å². The van der Waals surface area contributed by atoms with Crippen LogP contribution in [0.25, 0.3) is 0 Å². The minimum Gasteiger partial charge on any atom is -0.454 e. The molecule has 2 heterocycles. The molecular weight excluding hydrogens is 467 g/mol. The van der Waals surface area contributed by atoms with Gasteiger partial charge in [-0.1, -0.05) is 18.2 Å². The van der Waals surface area contributed by atoms with Gasteiger partial charge in [-0.05, 0) is 26.0 Å². The van der Waals surface area contributed by atoms with Gasteiger partial charge in [0.05, 0.1) is 18.8 Å². The third-order valence-corrected chi connectivity index (χ3v) is 6.30. The molecule has 0 spiro atoms. The number of carbonyl (C=O) groups is 1. The van der Waals surface area contributed by atoms with Crippen LogP contribution in [0.5, 0.6) is 0 Å². The molecule has 14 heteroatoms. The second kappa shape index (κ2) is 12.0. The number of azo groups is 1. The van der Waals surface area contributed by atoms with Crippen LogP contribution in [0.1, 0.15) is 30.6 Å². The van der Waals surface area contributed by atoms with Gasteiger partial charge >= 0.3 is 13.6 Å². The molecule has 0 radical (unpaired) electrons. The molecule has 184 valence electrons. The van der Waals surface area contributed by atoms with Crippen molar-refractivity contribution in [2.75, 3.05) is 31.0 Å². The van der Waals surface area contributed by atoms with Crippen molar-refractivity contribution >= 4 is 30.9 Å². The van der Waals surface area contributed by atoms with Gasteiger partial charge in [0.25, 0.3) is 0 Å². The van der Waals surface area contributed by atoms with E-state index in [0.717, 1.165) is 0 Å². The smallest absolute Gasteiger partial charge is 0.356 e. The maximum absolute atomic E-state index is 12.7. The summed E-state index contributed by atoms with van der Waals surface area (Å²) in [6.45, 7) is 3.76. The van der Waals surface area contributed by atoms with Gasteiger partial charge < -0.3 is 34.7 Å². The summed E-state index contributed by atoms with van der Waals surface area (Å²) in [5, 5.41) is 8.05. The van der Waals surface area contributed by atoms with Crippen LogP contribution < -0.4 is 11.5 Å². The lowest BCUT2D eigenvalue weighted by Gasteiger charge is -2.19. The number of nitrogen functional groups attached to an aromatic ring is 2. The van der Waals surface area contributed by atoms with Gasteiger partial charge in [-0.2, -0.15) is 5.11 Å². The van der Waals surface area contributed by atoms with Crippen LogP contribution in [0.15, 0.2) is 46.9 Å². The molecule has 1 aliphatic rings. The Hall–Kier alpha value is -2.96. The summed E-state index contributed by atoms with van der Waals surface area (Å²) < 4.78 is 40.1. The van der Waals surface area contributed by atoms with Crippen LogP contribution in [-0.4, -0.2) is 54.1 Å². The van der Waals surface area contributed by atoms with E-state index in [1.807, 2.05) is 0 Å². The predicted molar refractivity (Wildman–Crippen MR) is 121 cm³/mol. The molecule has 34 heavy (non-hydrogen) atoms. The first kappa shape index (κ1) is 25.7. The first-order valence-corrected chi connectivity index (χ1v) is 12.3. The number of benzene rings is 1. The number of nitrogens with zero attached hydrogens (tertiary/aromatic N) is 4. The lowest BCUT2D eigenvalue weighted by atomic mass is 10.2. The Morgan fingerprint density at radius 3 is 2.56 bits per heavy atom. The molecule has 0 saturated carbocycles. The number of aromatic nitrogens is 2. The zero-order chi connectivity index (χ0) is 24.6. The van der Waals surface area contributed by atoms with Crippen LogP contribution in [0, 0.1) is 0 Å². The molecule has 3 atom stereocenters. The summed E-state index contributed by atoms with van der Waals surface area (Å²) in [6, 6.07) is 8.45. The number of carbonyl (C=O) groups excluding carboxylic acids is 1. The van der Waals surface area contributed by atoms with Crippen molar-refractivity contribution in [1.29, 1.82) is 0 Å². The van der Waals surface area contributed by atoms with Crippen molar-refractivity contribution < 1.29 is 32.6 Å². The van der Waals surface area contributed by atoms with E-state index in [9.17, 15) is 9.36 Å². The Bertz CT molecular complexity index is 1030. The molecule has 4 N–H and O–H groups in total. The number of nitrogens with two attached hydrogens (primary N) is 2. The van der Waals surface area contributed by atoms with E-state index in [1.54, 1.807) is 44.2 Å². The summed E-state index contributed by atoms with van der Waals surface area (Å²) in [6.07, 6.45) is -1.89. The molecule has 1 saturated heterocycles. The highest BCUT2D eigenvalue weighted by atomic mass is 31.2. The fourth-order valence-corrected chi connectivity index (χ4v) is 4.33. The third-order valence-electron chi connectivity index (χ3n) is 4.53. The summed E-state index contributed by atoms with van der Waals surface area (Å²) in [5.41, 5.74) is 11.9. The second-order valence-electron chi connectivity index (χ2n) is 6.96. The quantitative estimate of drug-likeness (QED) is 0.265. The van der Waals surface area contributed by atoms with Gasteiger partial charge in [-0.25, -0.2) is 14.8 Å². The standard InChI is InChI=1S/C20H27N6O7P/c1-3-30-34(28,31-4-2)12-29-15-10-14(32-20(27)13-8-6-5-7-9-13)19(33-15)26-25-18-16(21)17(22)23-11-24-18/h5-9,11,14-15,19H,3-4,10,12,21H2,1-2H3,(H2,22,23,24)/t14-,15+,19-/m1/s1. The van der Waals surface area contributed by atoms with Gasteiger partial charge in [-0.3, -0.25) is 4.57 Å². The molecule has 1 aromatic heterocycles. The van der Waals surface area contributed by atoms with Crippen molar-refractivity contribution in [2.24, 2.45) is 10.2 Å². The summed E-state index contributed by atoms with van der Waals surface area (Å²) in [5.74, 6) is -0.492. The molecule has 1 fully saturated rings. The number of esters is 1. The molecule has 2 aromatic rings. The highest BCUT2D eigenvalue weighted by Crippen LogP contribution is 2.48. The van der Waals surface area contributed by atoms with Gasteiger partial charge in [0.15, 0.2) is 24.6 Å². The number of rotatable bonds is 11. The highest BCUT2D eigenvalue weighted by molar-refractivity contribution is 7.53. The maximum Gasteiger partial charge on any atom is 0.356 e. The Labute approximate surface area is 196 Å². The van der Waals surface area contributed by atoms with Gasteiger partial charge in [-0.15, -0.1) is 5.11 Å². The van der Waals surface area contributed by atoms with Crippen molar-refractivity contribution in [3.63, 3.8) is 0 Å². The van der Waals surface area contributed by atoms with E-state index >= 15 is 0 Å². The van der Waals surface area contributed by atoms with E-state index in [2.05, 4.69) is 20.2 Å². The predicted octanol–water partition coefficient (Wildman–Crippen LogP) is 3.26. The molecule has 3 rings (SSSR count). The first-order chi connectivity index (χ1) is 16.3. The average Bonchev–Trinajstić information content (AvgIpc) is 3.21. The lowest BCUT2D eigenvalue weighted by Crippen LogP contribution is -2.25. The maximum atomic E-state index is 12.7. The van der Waals surface area contributed by atoms with E-state index in [-0.39, 0.29) is 43.3 Å². The number of hydrogen-bond donors (Lipinski definition) is 2. The van der Waals surface area contributed by atoms with E-state index in [4.69, 9.17) is 34.7 Å². The van der Waals surface area contributed by atoms with Gasteiger partial charge in [0.1, 0.15) is 12.0 Å². The molecule has 13 nitrogen and oxygen atoms in total. The topological polar surface area (TPSA) is 183 Å².